The zero-order valence-corrected chi connectivity index (χ0v) is 11.7. The van der Waals surface area contributed by atoms with Gasteiger partial charge in [0, 0.05) is 31.0 Å². The molecule has 0 saturated carbocycles. The Balaban J connectivity index is 1.91. The monoisotopic (exact) mass is 286 g/mol. The largest absolute Gasteiger partial charge is 0.396 e. The van der Waals surface area contributed by atoms with E-state index in [1.165, 1.54) is 12.1 Å². The number of non-ortho nitro benzene ring substituents is 1. The molecule has 0 heterocycles. The number of nitro benzene ring substituents is 1. The van der Waals surface area contributed by atoms with Crippen molar-refractivity contribution < 1.29 is 10.0 Å². The molecular formula is C16H18N2O3. The van der Waals surface area contributed by atoms with Crippen molar-refractivity contribution in [3.05, 3.63) is 69.8 Å². The third kappa shape index (κ3) is 4.29. The summed E-state index contributed by atoms with van der Waals surface area (Å²) in [6.07, 6.45) is 1.41. The van der Waals surface area contributed by atoms with Gasteiger partial charge in [-0.15, -0.1) is 0 Å². The van der Waals surface area contributed by atoms with E-state index in [0.29, 0.717) is 6.42 Å². The fraction of sp³-hybridized carbons (Fsp3) is 0.250. The van der Waals surface area contributed by atoms with Crippen molar-refractivity contribution >= 4 is 11.4 Å². The molecule has 0 amide bonds. The van der Waals surface area contributed by atoms with Crippen LogP contribution in [0, 0.1) is 10.1 Å². The number of hydrogen-bond acceptors (Lipinski definition) is 4. The minimum atomic E-state index is -0.396. The second-order valence-corrected chi connectivity index (χ2v) is 4.73. The Morgan fingerprint density at radius 3 is 2.43 bits per heavy atom. The third-order valence-electron chi connectivity index (χ3n) is 3.27. The first-order chi connectivity index (χ1) is 10.2. The highest BCUT2D eigenvalue weighted by molar-refractivity contribution is 5.51. The SMILES string of the molecule is O=[N+]([O-])c1ccc(CCNc2ccccc2CCO)cc1. The molecule has 110 valence electrons. The molecule has 21 heavy (non-hydrogen) atoms. The van der Waals surface area contributed by atoms with E-state index in [9.17, 15) is 10.1 Å². The molecule has 0 bridgehead atoms. The molecule has 5 nitrogen and oxygen atoms in total. The number of benzene rings is 2. The van der Waals surface area contributed by atoms with Gasteiger partial charge in [0.15, 0.2) is 0 Å². The lowest BCUT2D eigenvalue weighted by molar-refractivity contribution is -0.384. The number of aliphatic hydroxyl groups excluding tert-OH is 1. The summed E-state index contributed by atoms with van der Waals surface area (Å²) < 4.78 is 0. The van der Waals surface area contributed by atoms with E-state index in [2.05, 4.69) is 5.32 Å². The van der Waals surface area contributed by atoms with Crippen molar-refractivity contribution in [1.29, 1.82) is 0 Å². The number of nitro groups is 1. The van der Waals surface area contributed by atoms with E-state index in [0.717, 1.165) is 29.8 Å². The van der Waals surface area contributed by atoms with Crippen molar-refractivity contribution in [2.75, 3.05) is 18.5 Å². The van der Waals surface area contributed by atoms with Crippen molar-refractivity contribution in [1.82, 2.24) is 0 Å². The number of hydrogen-bond donors (Lipinski definition) is 2. The maximum absolute atomic E-state index is 10.6. The van der Waals surface area contributed by atoms with E-state index < -0.39 is 4.92 Å². The normalized spacial score (nSPS) is 10.3. The smallest absolute Gasteiger partial charge is 0.269 e. The minimum Gasteiger partial charge on any atom is -0.396 e. The zero-order valence-electron chi connectivity index (χ0n) is 11.7. The number of aliphatic hydroxyl groups is 1. The summed E-state index contributed by atoms with van der Waals surface area (Å²) in [5.74, 6) is 0. The van der Waals surface area contributed by atoms with Crippen LogP contribution in [0.1, 0.15) is 11.1 Å². The average molecular weight is 286 g/mol. The first-order valence-corrected chi connectivity index (χ1v) is 6.86. The van der Waals surface area contributed by atoms with Crippen LogP contribution in [-0.2, 0) is 12.8 Å². The number of nitrogens with one attached hydrogen (secondary N) is 1. The Kier molecular flexibility index (Phi) is 5.29. The van der Waals surface area contributed by atoms with Crippen molar-refractivity contribution in [3.8, 4) is 0 Å². The van der Waals surface area contributed by atoms with Crippen LogP contribution >= 0.6 is 0 Å². The molecule has 2 aromatic rings. The first kappa shape index (κ1) is 15.0. The summed E-state index contributed by atoms with van der Waals surface area (Å²) in [4.78, 5) is 10.2. The van der Waals surface area contributed by atoms with Gasteiger partial charge in [-0.05, 0) is 30.0 Å². The first-order valence-electron chi connectivity index (χ1n) is 6.86. The summed E-state index contributed by atoms with van der Waals surface area (Å²) in [6, 6.07) is 14.5. The zero-order chi connectivity index (χ0) is 15.1. The topological polar surface area (TPSA) is 75.4 Å². The fourth-order valence-electron chi connectivity index (χ4n) is 2.16. The number of anilines is 1. The van der Waals surface area contributed by atoms with Crippen LogP contribution in [0.4, 0.5) is 11.4 Å². The Bertz CT molecular complexity index is 597. The van der Waals surface area contributed by atoms with E-state index in [1.54, 1.807) is 12.1 Å². The van der Waals surface area contributed by atoms with Crippen LogP contribution in [0.2, 0.25) is 0 Å². The molecule has 0 atom stereocenters. The fourth-order valence-corrected chi connectivity index (χ4v) is 2.16. The minimum absolute atomic E-state index is 0.111. The quantitative estimate of drug-likeness (QED) is 0.606. The highest BCUT2D eigenvalue weighted by Crippen LogP contribution is 2.16. The third-order valence-corrected chi connectivity index (χ3v) is 3.27. The molecule has 0 spiro atoms. The van der Waals surface area contributed by atoms with Gasteiger partial charge in [0.2, 0.25) is 0 Å². The molecule has 0 fully saturated rings. The van der Waals surface area contributed by atoms with Gasteiger partial charge in [-0.25, -0.2) is 0 Å². The molecule has 0 radical (unpaired) electrons. The van der Waals surface area contributed by atoms with Crippen LogP contribution in [0.5, 0.6) is 0 Å². The van der Waals surface area contributed by atoms with Gasteiger partial charge in [-0.3, -0.25) is 10.1 Å². The summed E-state index contributed by atoms with van der Waals surface area (Å²) in [7, 11) is 0. The number of nitrogens with zero attached hydrogens (tertiary/aromatic N) is 1. The van der Waals surface area contributed by atoms with Gasteiger partial charge in [-0.2, -0.15) is 0 Å². The Hall–Kier alpha value is -2.40. The van der Waals surface area contributed by atoms with E-state index in [1.807, 2.05) is 24.3 Å². The second-order valence-electron chi connectivity index (χ2n) is 4.73. The molecule has 0 saturated heterocycles. The summed E-state index contributed by atoms with van der Waals surface area (Å²) in [6.45, 7) is 0.862. The van der Waals surface area contributed by atoms with Crippen LogP contribution < -0.4 is 5.32 Å². The Morgan fingerprint density at radius 2 is 1.76 bits per heavy atom. The molecule has 0 aliphatic heterocycles. The van der Waals surface area contributed by atoms with Crippen LogP contribution in [0.25, 0.3) is 0 Å². The summed E-state index contributed by atoms with van der Waals surface area (Å²) in [5.41, 5.74) is 3.27. The molecule has 2 aromatic carbocycles. The molecule has 0 aromatic heterocycles. The van der Waals surface area contributed by atoms with Crippen LogP contribution in [0.3, 0.4) is 0 Å². The lowest BCUT2D eigenvalue weighted by atomic mass is 10.1. The number of rotatable bonds is 7. The predicted molar refractivity (Wildman–Crippen MR) is 82.5 cm³/mol. The molecule has 5 heteroatoms. The van der Waals surface area contributed by atoms with Crippen molar-refractivity contribution in [3.63, 3.8) is 0 Å². The van der Waals surface area contributed by atoms with Gasteiger partial charge in [0.05, 0.1) is 4.92 Å². The maximum Gasteiger partial charge on any atom is 0.269 e. The lowest BCUT2D eigenvalue weighted by Crippen LogP contribution is -2.07. The van der Waals surface area contributed by atoms with Gasteiger partial charge >= 0.3 is 0 Å². The van der Waals surface area contributed by atoms with Gasteiger partial charge in [-0.1, -0.05) is 30.3 Å². The average Bonchev–Trinajstić information content (AvgIpc) is 2.50. The summed E-state index contributed by atoms with van der Waals surface area (Å²) >= 11 is 0. The van der Waals surface area contributed by atoms with Crippen LogP contribution in [-0.4, -0.2) is 23.2 Å². The summed E-state index contributed by atoms with van der Waals surface area (Å²) in [5, 5.41) is 23.0. The molecule has 0 unspecified atom stereocenters. The van der Waals surface area contributed by atoms with Gasteiger partial charge in [0.25, 0.3) is 5.69 Å². The van der Waals surface area contributed by atoms with E-state index >= 15 is 0 Å². The molecule has 2 N–H and O–H groups in total. The molecule has 0 aliphatic carbocycles. The van der Waals surface area contributed by atoms with Crippen molar-refractivity contribution in [2.24, 2.45) is 0 Å². The second kappa shape index (κ2) is 7.40. The van der Waals surface area contributed by atoms with E-state index in [-0.39, 0.29) is 12.3 Å². The highest BCUT2D eigenvalue weighted by Gasteiger charge is 2.04. The molecule has 0 aliphatic rings. The standard InChI is InChI=1S/C16H18N2O3/c19-12-10-14-3-1-2-4-16(14)17-11-9-13-5-7-15(8-6-13)18(20)21/h1-8,17,19H,9-12H2. The Morgan fingerprint density at radius 1 is 1.05 bits per heavy atom. The van der Waals surface area contributed by atoms with E-state index in [4.69, 9.17) is 5.11 Å². The molecular weight excluding hydrogens is 268 g/mol. The Labute approximate surface area is 123 Å². The highest BCUT2D eigenvalue weighted by atomic mass is 16.6. The molecule has 2 rings (SSSR count). The maximum atomic E-state index is 10.6. The van der Waals surface area contributed by atoms with Crippen LogP contribution in [0.15, 0.2) is 48.5 Å². The van der Waals surface area contributed by atoms with Crippen molar-refractivity contribution in [2.45, 2.75) is 12.8 Å². The number of para-hydroxylation sites is 1. The lowest BCUT2D eigenvalue weighted by Gasteiger charge is -2.11. The van der Waals surface area contributed by atoms with Gasteiger partial charge in [0.1, 0.15) is 0 Å². The predicted octanol–water partition coefficient (Wildman–Crippen LogP) is 2.78. The van der Waals surface area contributed by atoms with Gasteiger partial charge < -0.3 is 10.4 Å².